The maximum atomic E-state index is 12.7. The summed E-state index contributed by atoms with van der Waals surface area (Å²) < 4.78 is 0. The lowest BCUT2D eigenvalue weighted by atomic mass is 9.85. The zero-order valence-electron chi connectivity index (χ0n) is 13.5. The number of rotatable bonds is 4. The number of likely N-dealkylation sites (tertiary alicyclic amines) is 1. The lowest BCUT2D eigenvalue weighted by Crippen LogP contribution is -2.50. The number of amides is 3. The Morgan fingerprint density at radius 1 is 1.12 bits per heavy atom. The predicted octanol–water partition coefficient (Wildman–Crippen LogP) is 1.50. The van der Waals surface area contributed by atoms with Crippen LogP contribution in [0, 0.1) is 23.7 Å². The van der Waals surface area contributed by atoms with Gasteiger partial charge in [-0.2, -0.15) is 0 Å². The van der Waals surface area contributed by atoms with Crippen LogP contribution in [0.15, 0.2) is 42.5 Å². The number of hydrogen-bond donors (Lipinski definition) is 1. The molecule has 2 fully saturated rings. The van der Waals surface area contributed by atoms with Crippen molar-refractivity contribution in [3.8, 4) is 0 Å². The van der Waals surface area contributed by atoms with Gasteiger partial charge in [0.05, 0.1) is 18.3 Å². The topological polar surface area (TPSA) is 66.5 Å². The van der Waals surface area contributed by atoms with Gasteiger partial charge in [-0.25, -0.2) is 0 Å². The fourth-order valence-electron chi connectivity index (χ4n) is 4.44. The van der Waals surface area contributed by atoms with E-state index in [2.05, 4.69) is 17.5 Å². The predicted molar refractivity (Wildman–Crippen MR) is 87.3 cm³/mol. The SMILES string of the molecule is CC(NC(=O)Cc1ccccc1)N1C(=O)C2C3C=CC(C3)C2C1=O. The number of nitrogens with zero attached hydrogens (tertiary/aromatic N) is 1. The third kappa shape index (κ3) is 2.27. The fraction of sp³-hybridized carbons (Fsp3) is 0.421. The molecule has 5 nitrogen and oxygen atoms in total. The van der Waals surface area contributed by atoms with Gasteiger partial charge in [0.25, 0.3) is 0 Å². The summed E-state index contributed by atoms with van der Waals surface area (Å²) in [5.41, 5.74) is 0.903. The van der Waals surface area contributed by atoms with Gasteiger partial charge in [-0.15, -0.1) is 0 Å². The molecule has 2 bridgehead atoms. The summed E-state index contributed by atoms with van der Waals surface area (Å²) in [5.74, 6) is -0.513. The van der Waals surface area contributed by atoms with Gasteiger partial charge in [0.2, 0.25) is 17.7 Å². The lowest BCUT2D eigenvalue weighted by Gasteiger charge is -2.25. The largest absolute Gasteiger partial charge is 0.335 e. The number of fused-ring (bicyclic) bond motifs is 5. The van der Waals surface area contributed by atoms with Gasteiger partial charge in [-0.05, 0) is 30.7 Å². The first-order valence-corrected chi connectivity index (χ1v) is 8.45. The monoisotopic (exact) mass is 324 g/mol. The average molecular weight is 324 g/mol. The highest BCUT2D eigenvalue weighted by molar-refractivity contribution is 6.06. The van der Waals surface area contributed by atoms with Crippen molar-refractivity contribution >= 4 is 17.7 Å². The van der Waals surface area contributed by atoms with Crippen molar-refractivity contribution in [2.45, 2.75) is 25.9 Å². The molecule has 124 valence electrons. The highest BCUT2D eigenvalue weighted by Gasteiger charge is 2.60. The van der Waals surface area contributed by atoms with E-state index in [9.17, 15) is 14.4 Å². The van der Waals surface area contributed by atoms with Crippen molar-refractivity contribution in [1.29, 1.82) is 0 Å². The van der Waals surface area contributed by atoms with Crippen molar-refractivity contribution in [3.63, 3.8) is 0 Å². The summed E-state index contributed by atoms with van der Waals surface area (Å²) >= 11 is 0. The molecule has 1 heterocycles. The minimum Gasteiger partial charge on any atom is -0.335 e. The van der Waals surface area contributed by atoms with Gasteiger partial charge in [0.1, 0.15) is 6.17 Å². The second-order valence-corrected chi connectivity index (χ2v) is 6.95. The van der Waals surface area contributed by atoms with Gasteiger partial charge >= 0.3 is 0 Å². The molecule has 5 heteroatoms. The number of carbonyl (C=O) groups excluding carboxylic acids is 3. The van der Waals surface area contributed by atoms with Crippen LogP contribution in [0.25, 0.3) is 0 Å². The van der Waals surface area contributed by atoms with Crippen LogP contribution >= 0.6 is 0 Å². The summed E-state index contributed by atoms with van der Waals surface area (Å²) in [7, 11) is 0. The molecule has 5 atom stereocenters. The molecule has 1 aromatic rings. The third-order valence-corrected chi connectivity index (χ3v) is 5.47. The Morgan fingerprint density at radius 3 is 2.29 bits per heavy atom. The Bertz CT molecular complexity index is 697. The van der Waals surface area contributed by atoms with Crippen LogP contribution in [0.1, 0.15) is 18.9 Å². The minimum absolute atomic E-state index is 0.130. The fourth-order valence-corrected chi connectivity index (χ4v) is 4.44. The van der Waals surface area contributed by atoms with Crippen molar-refractivity contribution in [2.24, 2.45) is 23.7 Å². The Kier molecular flexibility index (Phi) is 3.52. The highest BCUT2D eigenvalue weighted by atomic mass is 16.2. The number of allylic oxidation sites excluding steroid dienone is 2. The molecule has 3 aliphatic rings. The van der Waals surface area contributed by atoms with Crippen LogP contribution in [0.2, 0.25) is 0 Å². The summed E-state index contributed by atoms with van der Waals surface area (Å²) in [4.78, 5) is 38.9. The van der Waals surface area contributed by atoms with Gasteiger partial charge < -0.3 is 5.32 Å². The molecule has 0 radical (unpaired) electrons. The van der Waals surface area contributed by atoms with Crippen LogP contribution < -0.4 is 5.32 Å². The maximum absolute atomic E-state index is 12.7. The van der Waals surface area contributed by atoms with Crippen LogP contribution in [-0.2, 0) is 20.8 Å². The summed E-state index contributed by atoms with van der Waals surface area (Å²) in [6, 6.07) is 9.41. The van der Waals surface area contributed by atoms with Gasteiger partial charge in [-0.3, -0.25) is 19.3 Å². The third-order valence-electron chi connectivity index (χ3n) is 5.47. The molecule has 5 unspecified atom stereocenters. The van der Waals surface area contributed by atoms with Crippen molar-refractivity contribution in [2.75, 3.05) is 0 Å². The number of benzene rings is 1. The molecule has 1 aromatic carbocycles. The Hall–Kier alpha value is -2.43. The van der Waals surface area contributed by atoms with Crippen molar-refractivity contribution in [1.82, 2.24) is 10.2 Å². The zero-order valence-corrected chi connectivity index (χ0v) is 13.5. The molecule has 3 amide bonds. The van der Waals surface area contributed by atoms with E-state index in [4.69, 9.17) is 0 Å². The molecule has 0 aromatic heterocycles. The van der Waals surface area contributed by atoms with Crippen LogP contribution in [0.4, 0.5) is 0 Å². The average Bonchev–Trinajstić information content (AvgIpc) is 3.22. The molecule has 1 saturated heterocycles. The standard InChI is InChI=1S/C19H20N2O3/c1-11(20-15(22)9-12-5-3-2-4-6-12)21-18(23)16-13-7-8-14(10-13)17(16)19(21)24/h2-8,11,13-14,16-17H,9-10H2,1H3,(H,20,22). The molecule has 1 saturated carbocycles. The van der Waals surface area contributed by atoms with E-state index >= 15 is 0 Å². The van der Waals surface area contributed by atoms with Crippen LogP contribution in [0.5, 0.6) is 0 Å². The summed E-state index contributed by atoms with van der Waals surface area (Å²) in [6.07, 6.45) is 4.68. The molecular formula is C19H20N2O3. The van der Waals surface area contributed by atoms with Gasteiger partial charge in [0, 0.05) is 0 Å². The first kappa shape index (κ1) is 15.1. The Balaban J connectivity index is 1.44. The molecular weight excluding hydrogens is 304 g/mol. The van der Waals surface area contributed by atoms with E-state index in [1.54, 1.807) is 6.92 Å². The van der Waals surface area contributed by atoms with Crippen molar-refractivity contribution < 1.29 is 14.4 Å². The van der Waals surface area contributed by atoms with E-state index in [1.165, 1.54) is 4.90 Å². The second-order valence-electron chi connectivity index (χ2n) is 6.95. The van der Waals surface area contributed by atoms with Gasteiger partial charge in [0.15, 0.2) is 0 Å². The van der Waals surface area contributed by atoms with Crippen LogP contribution in [0.3, 0.4) is 0 Å². The van der Waals surface area contributed by atoms with E-state index in [0.29, 0.717) is 0 Å². The maximum Gasteiger partial charge on any atom is 0.235 e. The van der Waals surface area contributed by atoms with E-state index < -0.39 is 6.17 Å². The normalized spacial score (nSPS) is 31.5. The van der Waals surface area contributed by atoms with E-state index in [0.717, 1.165) is 12.0 Å². The number of hydrogen-bond acceptors (Lipinski definition) is 3. The second kappa shape index (κ2) is 5.58. The molecule has 2 aliphatic carbocycles. The summed E-state index contributed by atoms with van der Waals surface area (Å²) in [6.45, 7) is 1.70. The summed E-state index contributed by atoms with van der Waals surface area (Å²) in [5, 5.41) is 2.80. The minimum atomic E-state index is -0.605. The number of carbonyl (C=O) groups is 3. The van der Waals surface area contributed by atoms with Crippen molar-refractivity contribution in [3.05, 3.63) is 48.0 Å². The van der Waals surface area contributed by atoms with Crippen LogP contribution in [-0.4, -0.2) is 28.8 Å². The van der Waals surface area contributed by atoms with E-state index in [-0.39, 0.29) is 47.8 Å². The zero-order chi connectivity index (χ0) is 16.8. The smallest absolute Gasteiger partial charge is 0.235 e. The number of imide groups is 1. The molecule has 24 heavy (non-hydrogen) atoms. The Labute approximate surface area is 140 Å². The number of nitrogens with one attached hydrogen (secondary N) is 1. The molecule has 0 spiro atoms. The molecule has 4 rings (SSSR count). The lowest BCUT2D eigenvalue weighted by molar-refractivity contribution is -0.144. The van der Waals surface area contributed by atoms with E-state index in [1.807, 2.05) is 30.3 Å². The first-order chi connectivity index (χ1) is 11.6. The quantitative estimate of drug-likeness (QED) is 0.674. The van der Waals surface area contributed by atoms with Gasteiger partial charge in [-0.1, -0.05) is 42.5 Å². The molecule has 1 N–H and O–H groups in total. The first-order valence-electron chi connectivity index (χ1n) is 8.45. The highest BCUT2D eigenvalue weighted by Crippen LogP contribution is 2.52. The molecule has 1 aliphatic heterocycles. The Morgan fingerprint density at radius 2 is 1.71 bits per heavy atom.